The normalized spacial score (nSPS) is 15.1. The lowest BCUT2D eigenvalue weighted by Gasteiger charge is -2.22. The molecule has 1 aliphatic rings. The summed E-state index contributed by atoms with van der Waals surface area (Å²) in [6.45, 7) is -0.535. The maximum atomic E-state index is 13.0. The Hall–Kier alpha value is -3.04. The third kappa shape index (κ3) is 5.49. The van der Waals surface area contributed by atoms with Crippen LogP contribution in [0.2, 0.25) is 0 Å². The Morgan fingerprint density at radius 1 is 1.14 bits per heavy atom. The number of alkyl halides is 3. The predicted octanol–water partition coefficient (Wildman–Crippen LogP) is 3.35. The van der Waals surface area contributed by atoms with Crippen LogP contribution in [0.25, 0.3) is 11.0 Å². The number of benzene rings is 1. The number of carbonyl (C=O) groups is 2. The second-order valence-electron chi connectivity index (χ2n) is 6.78. The van der Waals surface area contributed by atoms with Crippen LogP contribution in [-0.2, 0) is 11.0 Å². The van der Waals surface area contributed by atoms with Crippen LogP contribution in [0.15, 0.2) is 33.5 Å². The van der Waals surface area contributed by atoms with Crippen LogP contribution >= 0.6 is 0 Å². The molecule has 10 heteroatoms. The fourth-order valence-corrected chi connectivity index (χ4v) is 3.25. The fourth-order valence-electron chi connectivity index (χ4n) is 3.25. The number of ether oxygens (including phenoxy) is 1. The summed E-state index contributed by atoms with van der Waals surface area (Å²) in [7, 11) is 0. The minimum Gasteiger partial charge on any atom is -0.484 e. The molecule has 156 valence electrons. The number of nitrogens with one attached hydrogen (secondary N) is 2. The van der Waals surface area contributed by atoms with E-state index in [0.29, 0.717) is 6.07 Å². The molecule has 0 radical (unpaired) electrons. The van der Waals surface area contributed by atoms with E-state index in [0.717, 1.165) is 44.2 Å². The number of fused-ring (bicyclic) bond motifs is 1. The Balaban J connectivity index is 1.61. The summed E-state index contributed by atoms with van der Waals surface area (Å²) >= 11 is 0. The van der Waals surface area contributed by atoms with Gasteiger partial charge in [-0.3, -0.25) is 10.1 Å². The van der Waals surface area contributed by atoms with E-state index in [1.165, 1.54) is 6.07 Å². The van der Waals surface area contributed by atoms with E-state index in [9.17, 15) is 27.6 Å². The van der Waals surface area contributed by atoms with E-state index < -0.39 is 35.9 Å². The molecule has 1 heterocycles. The first kappa shape index (κ1) is 20.7. The van der Waals surface area contributed by atoms with Crippen LogP contribution in [0.5, 0.6) is 5.75 Å². The average molecular weight is 412 g/mol. The van der Waals surface area contributed by atoms with Gasteiger partial charge in [-0.2, -0.15) is 13.2 Å². The van der Waals surface area contributed by atoms with Crippen molar-refractivity contribution in [2.45, 2.75) is 44.3 Å². The number of rotatable bonds is 4. The Labute approximate surface area is 163 Å². The standard InChI is InChI=1S/C19H19F3N2O5/c20-19(21,22)14-9-17(26)29-15-8-12(6-7-13(14)15)28-10-16(25)24-18(27)23-11-4-2-1-3-5-11/h6-9,11H,1-5,10H2,(H2,23,24,25,27). The second-order valence-corrected chi connectivity index (χ2v) is 6.78. The summed E-state index contributed by atoms with van der Waals surface area (Å²) in [6, 6.07) is 3.17. The third-order valence-electron chi connectivity index (χ3n) is 4.58. The minimum atomic E-state index is -4.72. The minimum absolute atomic E-state index is 0.0165. The zero-order chi connectivity index (χ0) is 21.0. The Kier molecular flexibility index (Phi) is 6.09. The van der Waals surface area contributed by atoms with Crippen LogP contribution in [0.1, 0.15) is 37.7 Å². The Morgan fingerprint density at radius 3 is 2.55 bits per heavy atom. The molecule has 3 amide bonds. The number of amides is 3. The maximum Gasteiger partial charge on any atom is 0.417 e. The van der Waals surface area contributed by atoms with Crippen molar-refractivity contribution in [1.82, 2.24) is 10.6 Å². The molecular formula is C19H19F3N2O5. The molecule has 2 aromatic rings. The molecule has 0 atom stereocenters. The second kappa shape index (κ2) is 8.54. The van der Waals surface area contributed by atoms with Crippen molar-refractivity contribution in [3.63, 3.8) is 0 Å². The molecule has 1 aliphatic carbocycles. The zero-order valence-electron chi connectivity index (χ0n) is 15.3. The lowest BCUT2D eigenvalue weighted by atomic mass is 9.96. The fraction of sp³-hybridized carbons (Fsp3) is 0.421. The molecule has 1 aromatic carbocycles. The number of carbonyl (C=O) groups excluding carboxylic acids is 2. The highest BCUT2D eigenvalue weighted by Gasteiger charge is 2.33. The summed E-state index contributed by atoms with van der Waals surface area (Å²) in [6.07, 6.45) is 0.179. The number of hydrogen-bond acceptors (Lipinski definition) is 5. The van der Waals surface area contributed by atoms with Gasteiger partial charge in [-0.25, -0.2) is 9.59 Å². The lowest BCUT2D eigenvalue weighted by molar-refractivity contribution is -0.136. The van der Waals surface area contributed by atoms with Crippen molar-refractivity contribution in [3.8, 4) is 5.75 Å². The molecule has 0 spiro atoms. The molecule has 0 unspecified atom stereocenters. The number of imide groups is 1. The summed E-state index contributed by atoms with van der Waals surface area (Å²) in [4.78, 5) is 35.1. The van der Waals surface area contributed by atoms with Gasteiger partial charge < -0.3 is 14.5 Å². The van der Waals surface area contributed by atoms with Crippen LogP contribution in [0.3, 0.4) is 0 Å². The highest BCUT2D eigenvalue weighted by molar-refractivity contribution is 5.95. The van der Waals surface area contributed by atoms with E-state index in [4.69, 9.17) is 9.15 Å². The van der Waals surface area contributed by atoms with Gasteiger partial charge in [0.05, 0.1) is 5.56 Å². The maximum absolute atomic E-state index is 13.0. The van der Waals surface area contributed by atoms with Gasteiger partial charge in [-0.05, 0) is 25.0 Å². The third-order valence-corrected chi connectivity index (χ3v) is 4.58. The van der Waals surface area contributed by atoms with Gasteiger partial charge in [0.1, 0.15) is 11.3 Å². The van der Waals surface area contributed by atoms with E-state index >= 15 is 0 Å². The lowest BCUT2D eigenvalue weighted by Crippen LogP contribution is -2.46. The summed E-state index contributed by atoms with van der Waals surface area (Å²) < 4.78 is 49.1. The van der Waals surface area contributed by atoms with Gasteiger partial charge in [0, 0.05) is 23.6 Å². The monoisotopic (exact) mass is 412 g/mol. The van der Waals surface area contributed by atoms with E-state index in [1.54, 1.807) is 0 Å². The van der Waals surface area contributed by atoms with Crippen LogP contribution in [-0.4, -0.2) is 24.6 Å². The van der Waals surface area contributed by atoms with Gasteiger partial charge in [0.15, 0.2) is 6.61 Å². The summed E-state index contributed by atoms with van der Waals surface area (Å²) in [5.74, 6) is -0.702. The highest BCUT2D eigenvalue weighted by Crippen LogP contribution is 2.34. The molecular weight excluding hydrogens is 393 g/mol. The van der Waals surface area contributed by atoms with Gasteiger partial charge in [-0.1, -0.05) is 19.3 Å². The summed E-state index contributed by atoms with van der Waals surface area (Å²) in [5.41, 5.74) is -2.59. The molecule has 3 rings (SSSR count). The molecule has 0 bridgehead atoms. The van der Waals surface area contributed by atoms with E-state index in [1.807, 2.05) is 0 Å². The smallest absolute Gasteiger partial charge is 0.417 e. The van der Waals surface area contributed by atoms with Crippen molar-refractivity contribution in [2.24, 2.45) is 0 Å². The molecule has 29 heavy (non-hydrogen) atoms. The van der Waals surface area contributed by atoms with Crippen LogP contribution in [0, 0.1) is 0 Å². The van der Waals surface area contributed by atoms with Crippen LogP contribution < -0.4 is 21.0 Å². The van der Waals surface area contributed by atoms with Gasteiger partial charge >= 0.3 is 17.8 Å². The quantitative estimate of drug-likeness (QED) is 0.751. The van der Waals surface area contributed by atoms with Gasteiger partial charge in [0.2, 0.25) is 0 Å². The Bertz CT molecular complexity index is 964. The Morgan fingerprint density at radius 2 is 1.86 bits per heavy atom. The van der Waals surface area contributed by atoms with Crippen molar-refractivity contribution in [1.29, 1.82) is 0 Å². The molecule has 0 aliphatic heterocycles. The molecule has 1 aromatic heterocycles. The number of urea groups is 1. The largest absolute Gasteiger partial charge is 0.484 e. The number of halogens is 3. The number of hydrogen-bond donors (Lipinski definition) is 2. The van der Waals surface area contributed by atoms with E-state index in [2.05, 4.69) is 10.6 Å². The SMILES string of the molecule is O=C(COc1ccc2c(C(F)(F)F)cc(=O)oc2c1)NC(=O)NC1CCCCC1. The van der Waals surface area contributed by atoms with Crippen molar-refractivity contribution in [3.05, 3.63) is 40.2 Å². The van der Waals surface area contributed by atoms with Gasteiger partial charge in [0.25, 0.3) is 5.91 Å². The highest BCUT2D eigenvalue weighted by atomic mass is 19.4. The molecule has 0 saturated heterocycles. The zero-order valence-corrected chi connectivity index (χ0v) is 15.3. The molecule has 2 N–H and O–H groups in total. The molecule has 7 nitrogen and oxygen atoms in total. The predicted molar refractivity (Wildman–Crippen MR) is 96.5 cm³/mol. The van der Waals surface area contributed by atoms with E-state index in [-0.39, 0.29) is 22.8 Å². The van der Waals surface area contributed by atoms with Crippen molar-refractivity contribution < 1.29 is 31.9 Å². The molecule has 1 saturated carbocycles. The van der Waals surface area contributed by atoms with Crippen molar-refractivity contribution in [2.75, 3.05) is 6.61 Å². The average Bonchev–Trinajstić information content (AvgIpc) is 2.65. The first-order valence-corrected chi connectivity index (χ1v) is 9.10. The topological polar surface area (TPSA) is 97.6 Å². The molecule has 1 fully saturated rings. The first-order valence-electron chi connectivity index (χ1n) is 9.10. The van der Waals surface area contributed by atoms with Crippen molar-refractivity contribution >= 4 is 22.9 Å². The van der Waals surface area contributed by atoms with Crippen LogP contribution in [0.4, 0.5) is 18.0 Å². The summed E-state index contributed by atoms with van der Waals surface area (Å²) in [5, 5.41) is 4.55. The first-order chi connectivity index (χ1) is 13.7. The van der Waals surface area contributed by atoms with Gasteiger partial charge in [-0.15, -0.1) is 0 Å².